The molecule has 6 nitrogen and oxygen atoms in total. The van der Waals surface area contributed by atoms with Crippen molar-refractivity contribution in [1.29, 1.82) is 0 Å². The second-order valence-electron chi connectivity index (χ2n) is 6.23. The van der Waals surface area contributed by atoms with Gasteiger partial charge in [0.2, 0.25) is 5.95 Å². The van der Waals surface area contributed by atoms with E-state index in [0.29, 0.717) is 24.5 Å². The van der Waals surface area contributed by atoms with Gasteiger partial charge in [0.05, 0.1) is 11.7 Å². The second kappa shape index (κ2) is 8.91. The molecule has 27 heavy (non-hydrogen) atoms. The minimum Gasteiger partial charge on any atom is -0.388 e. The van der Waals surface area contributed by atoms with Crippen LogP contribution in [0.3, 0.4) is 0 Å². The predicted molar refractivity (Wildman–Crippen MR) is 105 cm³/mol. The van der Waals surface area contributed by atoms with Gasteiger partial charge in [-0.1, -0.05) is 48.5 Å². The van der Waals surface area contributed by atoms with Crippen LogP contribution in [0.1, 0.15) is 28.4 Å². The molecule has 0 fully saturated rings. The molecule has 0 saturated carbocycles. The number of para-hydroxylation sites is 1. The number of nitrogens with one attached hydrogen (secondary N) is 1. The number of aliphatic hydroxyl groups excluding tert-OH is 1. The highest BCUT2D eigenvalue weighted by atomic mass is 16.3. The van der Waals surface area contributed by atoms with Crippen LogP contribution in [-0.2, 0) is 0 Å². The molecule has 0 aliphatic heterocycles. The maximum absolute atomic E-state index is 12.5. The van der Waals surface area contributed by atoms with Gasteiger partial charge in [-0.3, -0.25) is 4.79 Å². The van der Waals surface area contributed by atoms with Crippen LogP contribution < -0.4 is 5.32 Å². The van der Waals surface area contributed by atoms with E-state index in [9.17, 15) is 9.90 Å². The first-order valence-electron chi connectivity index (χ1n) is 8.76. The Kier molecular flexibility index (Phi) is 6.12. The van der Waals surface area contributed by atoms with Crippen molar-refractivity contribution >= 4 is 17.5 Å². The summed E-state index contributed by atoms with van der Waals surface area (Å²) in [7, 11) is 1.70. The van der Waals surface area contributed by atoms with Gasteiger partial charge < -0.3 is 15.3 Å². The number of hydrogen-bond donors (Lipinski definition) is 2. The highest BCUT2D eigenvalue weighted by Crippen LogP contribution is 2.17. The fraction of sp³-hybridized carbons (Fsp3) is 0.190. The number of aromatic nitrogens is 2. The number of hydrogen-bond acceptors (Lipinski definition) is 5. The largest absolute Gasteiger partial charge is 0.388 e. The molecule has 6 heteroatoms. The van der Waals surface area contributed by atoms with Crippen molar-refractivity contribution < 1.29 is 9.90 Å². The molecule has 1 amide bonds. The van der Waals surface area contributed by atoms with E-state index in [1.165, 1.54) is 12.4 Å². The number of carbonyl (C=O) groups excluding carboxylic acids is 1. The summed E-state index contributed by atoms with van der Waals surface area (Å²) in [5.74, 6) is 0.251. The van der Waals surface area contributed by atoms with Crippen molar-refractivity contribution in [2.75, 3.05) is 18.9 Å². The summed E-state index contributed by atoms with van der Waals surface area (Å²) in [5, 5.41) is 13.3. The van der Waals surface area contributed by atoms with Gasteiger partial charge in [0, 0.05) is 31.7 Å². The van der Waals surface area contributed by atoms with Gasteiger partial charge in [-0.15, -0.1) is 0 Å². The van der Waals surface area contributed by atoms with Crippen LogP contribution in [0.5, 0.6) is 0 Å². The normalized spacial score (nSPS) is 11.6. The molecule has 0 aliphatic carbocycles. The molecule has 1 heterocycles. The summed E-state index contributed by atoms with van der Waals surface area (Å²) in [4.78, 5) is 22.5. The zero-order chi connectivity index (χ0) is 19.1. The Balaban J connectivity index is 1.55. The van der Waals surface area contributed by atoms with E-state index >= 15 is 0 Å². The zero-order valence-electron chi connectivity index (χ0n) is 15.1. The molecule has 2 N–H and O–H groups in total. The van der Waals surface area contributed by atoms with Gasteiger partial charge in [0.15, 0.2) is 0 Å². The lowest BCUT2D eigenvalue weighted by Gasteiger charge is -2.19. The fourth-order valence-corrected chi connectivity index (χ4v) is 2.63. The Labute approximate surface area is 158 Å². The smallest absolute Gasteiger partial charge is 0.256 e. The summed E-state index contributed by atoms with van der Waals surface area (Å²) in [6.07, 6.45) is 2.87. The first kappa shape index (κ1) is 18.5. The third kappa shape index (κ3) is 5.12. The molecule has 0 radical (unpaired) electrons. The first-order valence-corrected chi connectivity index (χ1v) is 8.76. The number of rotatable bonds is 7. The van der Waals surface area contributed by atoms with Gasteiger partial charge in [-0.05, 0) is 24.1 Å². The third-order valence-electron chi connectivity index (χ3n) is 4.20. The lowest BCUT2D eigenvalue weighted by Crippen LogP contribution is -2.29. The van der Waals surface area contributed by atoms with Crippen molar-refractivity contribution in [2.24, 2.45) is 0 Å². The van der Waals surface area contributed by atoms with E-state index < -0.39 is 6.10 Å². The number of nitrogens with zero attached hydrogens (tertiary/aromatic N) is 3. The van der Waals surface area contributed by atoms with Crippen LogP contribution in [0.2, 0.25) is 0 Å². The Morgan fingerprint density at radius 2 is 1.63 bits per heavy atom. The minimum absolute atomic E-state index is 0.179. The standard InChI is InChI=1S/C21H22N4O2/c1-25(13-12-19(26)16-8-4-2-5-9-16)20(27)17-14-22-21(23-15-17)24-18-10-6-3-7-11-18/h2-11,14-15,19,26H,12-13H2,1H3,(H,22,23,24)/t19-/m0/s1. The minimum atomic E-state index is -0.602. The van der Waals surface area contributed by atoms with Crippen LogP contribution in [0.25, 0.3) is 0 Å². The predicted octanol–water partition coefficient (Wildman–Crippen LogP) is 3.42. The quantitative estimate of drug-likeness (QED) is 0.673. The molecule has 1 atom stereocenters. The summed E-state index contributed by atoms with van der Waals surface area (Å²) in [6.45, 7) is 0.429. The van der Waals surface area contributed by atoms with Gasteiger partial charge in [-0.2, -0.15) is 0 Å². The lowest BCUT2D eigenvalue weighted by atomic mass is 10.1. The molecule has 3 aromatic rings. The Morgan fingerprint density at radius 3 is 2.26 bits per heavy atom. The number of anilines is 2. The van der Waals surface area contributed by atoms with E-state index in [1.54, 1.807) is 11.9 Å². The monoisotopic (exact) mass is 362 g/mol. The maximum atomic E-state index is 12.5. The van der Waals surface area contributed by atoms with E-state index in [4.69, 9.17) is 0 Å². The third-order valence-corrected chi connectivity index (χ3v) is 4.20. The number of carbonyl (C=O) groups is 1. The van der Waals surface area contributed by atoms with Gasteiger partial charge in [-0.25, -0.2) is 9.97 Å². The molecule has 0 bridgehead atoms. The van der Waals surface area contributed by atoms with Gasteiger partial charge >= 0.3 is 0 Å². The molecule has 0 unspecified atom stereocenters. The highest BCUT2D eigenvalue weighted by Gasteiger charge is 2.15. The molecular formula is C21H22N4O2. The van der Waals surface area contributed by atoms with E-state index in [2.05, 4.69) is 15.3 Å². The molecular weight excluding hydrogens is 340 g/mol. The van der Waals surface area contributed by atoms with Gasteiger partial charge in [0.25, 0.3) is 5.91 Å². The van der Waals surface area contributed by atoms with Crippen LogP contribution >= 0.6 is 0 Å². The Hall–Kier alpha value is -3.25. The first-order chi connectivity index (χ1) is 13.1. The molecule has 1 aromatic heterocycles. The molecule has 2 aromatic carbocycles. The SMILES string of the molecule is CN(CC[C@H](O)c1ccccc1)C(=O)c1cnc(Nc2ccccc2)nc1. The topological polar surface area (TPSA) is 78.3 Å². The molecule has 0 aliphatic rings. The number of amides is 1. The van der Waals surface area contributed by atoms with E-state index in [1.807, 2.05) is 60.7 Å². The fourth-order valence-electron chi connectivity index (χ4n) is 2.63. The average Bonchev–Trinajstić information content (AvgIpc) is 2.73. The maximum Gasteiger partial charge on any atom is 0.256 e. The Bertz CT molecular complexity index is 854. The highest BCUT2D eigenvalue weighted by molar-refractivity contribution is 5.93. The number of benzene rings is 2. The van der Waals surface area contributed by atoms with Crippen molar-refractivity contribution in [3.8, 4) is 0 Å². The van der Waals surface area contributed by atoms with Crippen LogP contribution in [-0.4, -0.2) is 39.5 Å². The summed E-state index contributed by atoms with van der Waals surface area (Å²) >= 11 is 0. The molecule has 0 saturated heterocycles. The average molecular weight is 362 g/mol. The summed E-state index contributed by atoms with van der Waals surface area (Å²) in [6, 6.07) is 19.0. The van der Waals surface area contributed by atoms with E-state index in [-0.39, 0.29) is 5.91 Å². The van der Waals surface area contributed by atoms with Crippen LogP contribution in [0, 0.1) is 0 Å². The molecule has 0 spiro atoms. The summed E-state index contributed by atoms with van der Waals surface area (Å²) < 4.78 is 0. The van der Waals surface area contributed by atoms with Crippen molar-refractivity contribution in [3.05, 3.63) is 84.2 Å². The van der Waals surface area contributed by atoms with E-state index in [0.717, 1.165) is 11.3 Å². The molecule has 138 valence electrons. The van der Waals surface area contributed by atoms with Crippen molar-refractivity contribution in [2.45, 2.75) is 12.5 Å². The zero-order valence-corrected chi connectivity index (χ0v) is 15.1. The van der Waals surface area contributed by atoms with Crippen LogP contribution in [0.4, 0.5) is 11.6 Å². The Morgan fingerprint density at radius 1 is 1.04 bits per heavy atom. The second-order valence-corrected chi connectivity index (χ2v) is 6.23. The van der Waals surface area contributed by atoms with Gasteiger partial charge in [0.1, 0.15) is 0 Å². The number of aliphatic hydroxyl groups is 1. The molecule has 3 rings (SSSR count). The van der Waals surface area contributed by atoms with Crippen LogP contribution in [0.15, 0.2) is 73.1 Å². The lowest BCUT2D eigenvalue weighted by molar-refractivity contribution is 0.0760. The van der Waals surface area contributed by atoms with Crippen molar-refractivity contribution in [3.63, 3.8) is 0 Å². The van der Waals surface area contributed by atoms with Crippen molar-refractivity contribution in [1.82, 2.24) is 14.9 Å². The summed E-state index contributed by atoms with van der Waals surface area (Å²) in [5.41, 5.74) is 2.13.